The van der Waals surface area contributed by atoms with Crippen LogP contribution in [0.1, 0.15) is 99.3 Å². The molecule has 34 heavy (non-hydrogen) atoms. The molecule has 4 heteroatoms. The fraction of sp³-hybridized carbons (Fsp3) is 0.833. The molecule has 4 nitrogen and oxygen atoms in total. The molecule has 0 saturated heterocycles. The summed E-state index contributed by atoms with van der Waals surface area (Å²) >= 11 is 0. The zero-order chi connectivity index (χ0) is 25.1. The monoisotopic (exact) mass is 472 g/mol. The largest absolute Gasteiger partial charge is 0.481 e. The van der Waals surface area contributed by atoms with Crippen LogP contribution in [0, 0.1) is 45.3 Å². The third-order valence-electron chi connectivity index (χ3n) is 11.9. The fourth-order valence-electron chi connectivity index (χ4n) is 9.48. The first-order valence-electron chi connectivity index (χ1n) is 13.7. The Hall–Kier alpha value is -1.13. The average Bonchev–Trinajstić information content (AvgIpc) is 3.05. The molecule has 0 spiro atoms. The molecule has 0 unspecified atom stereocenters. The standard InChI is InChI=1S/C30H48O4/c1-19(2)8-7-9-20(26(33)34)21-12-16-30(6)23-10-11-24-27(3,22(23)13-17-29(21,30)5)15-14-25(32)28(24,4)18-31/h8,10,20-22,24-25,31-32H,7,9,11-18H2,1-6H3,(H,33,34)/t20-,21-,22-,24+,25+,27+,28+,29-,30+/m0/s1. The van der Waals surface area contributed by atoms with Gasteiger partial charge in [-0.2, -0.15) is 0 Å². The van der Waals surface area contributed by atoms with Crippen molar-refractivity contribution in [3.05, 3.63) is 23.3 Å². The highest BCUT2D eigenvalue weighted by Crippen LogP contribution is 2.73. The van der Waals surface area contributed by atoms with Gasteiger partial charge in [-0.05, 0) is 106 Å². The van der Waals surface area contributed by atoms with E-state index in [-0.39, 0.29) is 40.6 Å². The number of aliphatic hydroxyl groups excluding tert-OH is 2. The molecule has 0 aromatic rings. The Morgan fingerprint density at radius 1 is 1.12 bits per heavy atom. The molecule has 4 rings (SSSR count). The lowest BCUT2D eigenvalue weighted by atomic mass is 9.40. The van der Waals surface area contributed by atoms with Crippen molar-refractivity contribution in [1.82, 2.24) is 0 Å². The lowest BCUT2D eigenvalue weighted by molar-refractivity contribution is -0.157. The van der Waals surface area contributed by atoms with Crippen molar-refractivity contribution in [2.75, 3.05) is 6.61 Å². The summed E-state index contributed by atoms with van der Waals surface area (Å²) in [5, 5.41) is 31.4. The topological polar surface area (TPSA) is 77.8 Å². The van der Waals surface area contributed by atoms with E-state index in [2.05, 4.69) is 53.7 Å². The van der Waals surface area contributed by atoms with Crippen LogP contribution in [0.2, 0.25) is 0 Å². The summed E-state index contributed by atoms with van der Waals surface area (Å²) in [6.07, 6.45) is 12.7. The normalized spacial score (nSPS) is 46.5. The first-order valence-corrected chi connectivity index (χ1v) is 13.7. The highest BCUT2D eigenvalue weighted by molar-refractivity contribution is 5.70. The third-order valence-corrected chi connectivity index (χ3v) is 11.9. The van der Waals surface area contributed by atoms with Crippen LogP contribution in [0.3, 0.4) is 0 Å². The molecule has 4 aliphatic rings. The fourth-order valence-corrected chi connectivity index (χ4v) is 9.48. The van der Waals surface area contributed by atoms with Gasteiger partial charge >= 0.3 is 5.97 Å². The Bertz CT molecular complexity index is 871. The predicted molar refractivity (Wildman–Crippen MR) is 136 cm³/mol. The molecule has 3 fully saturated rings. The van der Waals surface area contributed by atoms with Gasteiger partial charge in [0.1, 0.15) is 0 Å². The number of carboxylic acid groups (broad SMARTS) is 1. The molecule has 0 aromatic carbocycles. The first-order chi connectivity index (χ1) is 15.8. The Balaban J connectivity index is 1.67. The van der Waals surface area contributed by atoms with Gasteiger partial charge in [0.05, 0.1) is 18.6 Å². The number of carboxylic acids is 1. The van der Waals surface area contributed by atoms with Crippen LogP contribution in [0.5, 0.6) is 0 Å². The average molecular weight is 473 g/mol. The van der Waals surface area contributed by atoms with Crippen LogP contribution in [0.25, 0.3) is 0 Å². The minimum Gasteiger partial charge on any atom is -0.481 e. The van der Waals surface area contributed by atoms with Gasteiger partial charge < -0.3 is 15.3 Å². The zero-order valence-electron chi connectivity index (χ0n) is 22.4. The first kappa shape index (κ1) is 25.9. The van der Waals surface area contributed by atoms with Crippen molar-refractivity contribution in [1.29, 1.82) is 0 Å². The maximum atomic E-state index is 12.5. The lowest BCUT2D eigenvalue weighted by Gasteiger charge is -2.64. The molecule has 0 amide bonds. The van der Waals surface area contributed by atoms with Gasteiger partial charge in [0.15, 0.2) is 0 Å². The van der Waals surface area contributed by atoms with Gasteiger partial charge in [0.25, 0.3) is 0 Å². The molecule has 0 aromatic heterocycles. The number of allylic oxidation sites excluding steroid dienone is 4. The molecule has 9 atom stereocenters. The zero-order valence-corrected chi connectivity index (χ0v) is 22.4. The molecular weight excluding hydrogens is 424 g/mol. The maximum Gasteiger partial charge on any atom is 0.306 e. The van der Waals surface area contributed by atoms with E-state index in [9.17, 15) is 20.1 Å². The van der Waals surface area contributed by atoms with Crippen LogP contribution >= 0.6 is 0 Å². The van der Waals surface area contributed by atoms with Gasteiger partial charge in [-0.1, -0.05) is 51.0 Å². The molecule has 0 aliphatic heterocycles. The molecule has 0 heterocycles. The van der Waals surface area contributed by atoms with E-state index in [1.807, 2.05) is 0 Å². The highest BCUT2D eigenvalue weighted by atomic mass is 16.4. The van der Waals surface area contributed by atoms with E-state index in [1.54, 1.807) is 5.57 Å². The second-order valence-corrected chi connectivity index (χ2v) is 13.5. The Kier molecular flexibility index (Phi) is 6.69. The SMILES string of the molecule is CC(C)=CCC[C@H](C(=O)O)[C@@H]1CC[C@]2(C)C3=CC[C@@H]4[C@](C)(CC[C@@H](O)[C@]4(C)CO)[C@H]3CC[C@@]12C. The number of fused-ring (bicyclic) bond motifs is 5. The number of aliphatic hydroxyl groups is 2. The number of aliphatic carboxylic acids is 1. The second kappa shape index (κ2) is 8.76. The van der Waals surface area contributed by atoms with Crippen molar-refractivity contribution >= 4 is 5.97 Å². The van der Waals surface area contributed by atoms with Gasteiger partial charge in [0.2, 0.25) is 0 Å². The highest BCUT2D eigenvalue weighted by Gasteiger charge is 2.66. The van der Waals surface area contributed by atoms with Crippen molar-refractivity contribution in [2.24, 2.45) is 45.3 Å². The predicted octanol–water partition coefficient (Wildman–Crippen LogP) is 6.37. The molecule has 3 saturated carbocycles. The number of hydrogen-bond acceptors (Lipinski definition) is 3. The van der Waals surface area contributed by atoms with Gasteiger partial charge in [0, 0.05) is 5.41 Å². The van der Waals surface area contributed by atoms with Crippen molar-refractivity contribution < 1.29 is 20.1 Å². The van der Waals surface area contributed by atoms with Crippen LogP contribution in [0.15, 0.2) is 23.3 Å². The van der Waals surface area contributed by atoms with Gasteiger partial charge in [-0.25, -0.2) is 0 Å². The lowest BCUT2D eigenvalue weighted by Crippen LogP contribution is -2.60. The van der Waals surface area contributed by atoms with E-state index in [4.69, 9.17) is 0 Å². The van der Waals surface area contributed by atoms with E-state index in [0.29, 0.717) is 5.92 Å². The Morgan fingerprint density at radius 2 is 1.82 bits per heavy atom. The minimum absolute atomic E-state index is 0.00101. The Morgan fingerprint density at radius 3 is 2.44 bits per heavy atom. The van der Waals surface area contributed by atoms with E-state index in [0.717, 1.165) is 57.8 Å². The van der Waals surface area contributed by atoms with Gasteiger partial charge in [-0.15, -0.1) is 0 Å². The van der Waals surface area contributed by atoms with Gasteiger partial charge in [-0.3, -0.25) is 4.79 Å². The van der Waals surface area contributed by atoms with Crippen molar-refractivity contribution in [3.8, 4) is 0 Å². The smallest absolute Gasteiger partial charge is 0.306 e. The molecule has 0 radical (unpaired) electrons. The third kappa shape index (κ3) is 3.57. The van der Waals surface area contributed by atoms with Crippen LogP contribution in [-0.4, -0.2) is 34.0 Å². The van der Waals surface area contributed by atoms with E-state index >= 15 is 0 Å². The van der Waals surface area contributed by atoms with Crippen molar-refractivity contribution in [3.63, 3.8) is 0 Å². The summed E-state index contributed by atoms with van der Waals surface area (Å²) in [6.45, 7) is 13.5. The summed E-state index contributed by atoms with van der Waals surface area (Å²) in [6, 6.07) is 0. The number of carbonyl (C=O) groups is 1. The van der Waals surface area contributed by atoms with Crippen LogP contribution < -0.4 is 0 Å². The number of rotatable bonds is 6. The molecule has 0 bridgehead atoms. The summed E-state index contributed by atoms with van der Waals surface area (Å²) in [7, 11) is 0. The molecule has 192 valence electrons. The number of hydrogen-bond donors (Lipinski definition) is 3. The second-order valence-electron chi connectivity index (χ2n) is 13.5. The minimum atomic E-state index is -0.621. The summed E-state index contributed by atoms with van der Waals surface area (Å²) in [4.78, 5) is 12.5. The summed E-state index contributed by atoms with van der Waals surface area (Å²) in [5.41, 5.74) is 2.50. The van der Waals surface area contributed by atoms with E-state index in [1.165, 1.54) is 5.57 Å². The summed E-state index contributed by atoms with van der Waals surface area (Å²) in [5.74, 6) is 0.0566. The van der Waals surface area contributed by atoms with Crippen LogP contribution in [-0.2, 0) is 4.79 Å². The quantitative estimate of drug-likeness (QED) is 0.392. The molecular formula is C30H48O4. The Labute approximate surface area is 206 Å². The molecule has 4 aliphatic carbocycles. The van der Waals surface area contributed by atoms with Crippen molar-refractivity contribution in [2.45, 2.75) is 105 Å². The molecule has 3 N–H and O–H groups in total. The van der Waals surface area contributed by atoms with E-state index < -0.39 is 17.5 Å². The maximum absolute atomic E-state index is 12.5. The summed E-state index contributed by atoms with van der Waals surface area (Å²) < 4.78 is 0. The van der Waals surface area contributed by atoms with Crippen LogP contribution in [0.4, 0.5) is 0 Å².